The zero-order chi connectivity index (χ0) is 23.7. The summed E-state index contributed by atoms with van der Waals surface area (Å²) in [6.07, 6.45) is 2.83. The van der Waals surface area contributed by atoms with Gasteiger partial charge in [-0.15, -0.1) is 0 Å². The van der Waals surface area contributed by atoms with Gasteiger partial charge in [0.25, 0.3) is 0 Å². The minimum atomic E-state index is -0.889. The van der Waals surface area contributed by atoms with Gasteiger partial charge in [0.2, 0.25) is 16.9 Å². The monoisotopic (exact) mass is 459 g/mol. The molecule has 6 N–H and O–H groups in total. The van der Waals surface area contributed by atoms with E-state index in [0.717, 1.165) is 28.2 Å². The van der Waals surface area contributed by atoms with Crippen LogP contribution >= 0.6 is 11.8 Å². The van der Waals surface area contributed by atoms with Gasteiger partial charge >= 0.3 is 0 Å². The van der Waals surface area contributed by atoms with Crippen LogP contribution in [0, 0.1) is 5.41 Å². The van der Waals surface area contributed by atoms with E-state index in [0.29, 0.717) is 6.21 Å². The number of rotatable bonds is 13. The Morgan fingerprint density at radius 3 is 2.56 bits per heavy atom. The molecule has 0 radical (unpaired) electrons. The van der Waals surface area contributed by atoms with Gasteiger partial charge in [-0.2, -0.15) is 0 Å². The van der Waals surface area contributed by atoms with Crippen molar-refractivity contribution in [2.75, 3.05) is 6.54 Å². The third-order valence-corrected chi connectivity index (χ3v) is 5.72. The number of carbonyl (C=O) groups excluding carboxylic acids is 4. The first-order valence-corrected chi connectivity index (χ1v) is 11.2. The number of amides is 2. The lowest BCUT2D eigenvalue weighted by molar-refractivity contribution is -0.127. The maximum Gasteiger partial charge on any atom is 0.238 e. The number of thioether (sulfide) groups is 1. The van der Waals surface area contributed by atoms with E-state index in [4.69, 9.17) is 11.1 Å². The summed E-state index contributed by atoms with van der Waals surface area (Å²) in [6.45, 7) is 3.52. The first-order valence-electron chi connectivity index (χ1n) is 10.3. The zero-order valence-corrected chi connectivity index (χ0v) is 19.0. The lowest BCUT2D eigenvalue weighted by atomic mass is 10.0. The lowest BCUT2D eigenvalue weighted by Crippen LogP contribution is -2.52. The van der Waals surface area contributed by atoms with E-state index < -0.39 is 29.7 Å². The zero-order valence-electron chi connectivity index (χ0n) is 18.1. The largest absolute Gasteiger partial charge is 0.369 e. The number of Topliss-reactive ketones (excluding diaryl/α,β-unsaturated/α-hetero) is 1. The van der Waals surface area contributed by atoms with Crippen molar-refractivity contribution in [2.45, 2.75) is 50.4 Å². The van der Waals surface area contributed by atoms with Gasteiger partial charge in [-0.1, -0.05) is 43.8 Å². The highest BCUT2D eigenvalue weighted by Gasteiger charge is 2.27. The molecule has 172 valence electrons. The summed E-state index contributed by atoms with van der Waals surface area (Å²) in [4.78, 5) is 51.8. The van der Waals surface area contributed by atoms with Gasteiger partial charge < -0.3 is 21.4 Å². The molecule has 2 aromatic rings. The molecule has 0 aliphatic carbocycles. The van der Waals surface area contributed by atoms with Gasteiger partial charge in [0, 0.05) is 28.8 Å². The molecule has 2 atom stereocenters. The highest BCUT2D eigenvalue weighted by atomic mass is 32.2. The summed E-state index contributed by atoms with van der Waals surface area (Å²) in [5.41, 5.74) is 7.04. The third-order valence-electron chi connectivity index (χ3n) is 4.73. The number of nitrogens with one attached hydrogen (secondary N) is 4. The Morgan fingerprint density at radius 1 is 1.19 bits per heavy atom. The molecule has 1 aromatic carbocycles. The van der Waals surface area contributed by atoms with Crippen molar-refractivity contribution in [3.8, 4) is 0 Å². The Hall–Kier alpha value is -2.98. The molecule has 0 aliphatic heterocycles. The van der Waals surface area contributed by atoms with Gasteiger partial charge in [-0.3, -0.25) is 24.5 Å². The van der Waals surface area contributed by atoms with E-state index in [2.05, 4.69) is 15.6 Å². The first-order chi connectivity index (χ1) is 15.2. The molecule has 32 heavy (non-hydrogen) atoms. The Kier molecular flexibility index (Phi) is 9.61. The first kappa shape index (κ1) is 25.3. The predicted octanol–water partition coefficient (Wildman–Crippen LogP) is 1.31. The van der Waals surface area contributed by atoms with Crippen LogP contribution in [0.15, 0.2) is 30.5 Å². The van der Waals surface area contributed by atoms with E-state index in [1.165, 1.54) is 0 Å². The number of hydrogen-bond acceptors (Lipinski definition) is 7. The maximum atomic E-state index is 13.1. The smallest absolute Gasteiger partial charge is 0.238 e. The van der Waals surface area contributed by atoms with Gasteiger partial charge in [0.05, 0.1) is 24.8 Å². The summed E-state index contributed by atoms with van der Waals surface area (Å²) in [6, 6.07) is 5.93. The van der Waals surface area contributed by atoms with E-state index in [-0.39, 0.29) is 36.2 Å². The molecule has 0 saturated carbocycles. The Labute approximate surface area is 190 Å². The molecule has 1 aromatic heterocycles. The van der Waals surface area contributed by atoms with Crippen LogP contribution in [0.4, 0.5) is 0 Å². The molecule has 0 bridgehead atoms. The number of ketones is 1. The standard InChI is InChI=1S/C22H29N5O4S/c1-13(2)32-22(31)18(8-7-15(28)10-23)27-21(30)19(26-12-20(24)29)9-14-11-25-17-6-4-3-5-16(14)17/h3-6,10-11,13,18-19,23,25-26H,7-9,12H2,1-2H3,(H2,24,29)(H,27,30)/t18-,19-/m0/s1. The molecule has 1 heterocycles. The number of primary amides is 1. The van der Waals surface area contributed by atoms with E-state index in [9.17, 15) is 19.2 Å². The molecule has 2 amide bonds. The molecule has 9 nitrogen and oxygen atoms in total. The normalized spacial score (nSPS) is 13.0. The van der Waals surface area contributed by atoms with Crippen LogP contribution in [0.1, 0.15) is 32.3 Å². The van der Waals surface area contributed by atoms with Crippen molar-refractivity contribution in [2.24, 2.45) is 5.73 Å². The minimum absolute atomic E-state index is 0.00958. The molecular weight excluding hydrogens is 430 g/mol. The number of fused-ring (bicyclic) bond motifs is 1. The van der Waals surface area contributed by atoms with Crippen LogP contribution in [0.25, 0.3) is 10.9 Å². The Bertz CT molecular complexity index is 988. The van der Waals surface area contributed by atoms with Crippen LogP contribution in [0.3, 0.4) is 0 Å². The minimum Gasteiger partial charge on any atom is -0.369 e. The fourth-order valence-electron chi connectivity index (χ4n) is 3.20. The molecule has 0 fully saturated rings. The highest BCUT2D eigenvalue weighted by Crippen LogP contribution is 2.20. The number of carbonyl (C=O) groups is 4. The highest BCUT2D eigenvalue weighted by molar-refractivity contribution is 8.14. The van der Waals surface area contributed by atoms with Crippen molar-refractivity contribution in [1.29, 1.82) is 5.41 Å². The van der Waals surface area contributed by atoms with Crippen molar-refractivity contribution >= 4 is 51.6 Å². The quantitative estimate of drug-likeness (QED) is 0.284. The number of hydrogen-bond donors (Lipinski definition) is 5. The summed E-state index contributed by atoms with van der Waals surface area (Å²) < 4.78 is 0. The average Bonchev–Trinajstić information content (AvgIpc) is 3.15. The summed E-state index contributed by atoms with van der Waals surface area (Å²) in [5, 5.41) is 13.3. The topological polar surface area (TPSA) is 158 Å². The number of aromatic nitrogens is 1. The van der Waals surface area contributed by atoms with Gasteiger partial charge in [0.1, 0.15) is 0 Å². The van der Waals surface area contributed by atoms with Gasteiger partial charge in [-0.05, 0) is 24.5 Å². The van der Waals surface area contributed by atoms with Crippen LogP contribution in [0.5, 0.6) is 0 Å². The lowest BCUT2D eigenvalue weighted by Gasteiger charge is -2.22. The SMILES string of the molecule is CC(C)SC(=O)[C@H](CCC(=O)C=N)NC(=O)[C@H](Cc1c[nH]c2ccccc12)NCC(N)=O. The van der Waals surface area contributed by atoms with Crippen LogP contribution in [-0.4, -0.2) is 57.8 Å². The number of nitrogens with two attached hydrogens (primary N) is 1. The van der Waals surface area contributed by atoms with Crippen LogP contribution in [0.2, 0.25) is 0 Å². The van der Waals surface area contributed by atoms with Crippen molar-refractivity contribution < 1.29 is 19.2 Å². The fourth-order valence-corrected chi connectivity index (χ4v) is 4.00. The average molecular weight is 460 g/mol. The van der Waals surface area contributed by atoms with Crippen LogP contribution < -0.4 is 16.4 Å². The second kappa shape index (κ2) is 12.2. The number of para-hydroxylation sites is 1. The van der Waals surface area contributed by atoms with Crippen molar-refractivity contribution in [3.05, 3.63) is 36.0 Å². The molecule has 10 heteroatoms. The molecule has 0 unspecified atom stereocenters. The number of H-pyrrole nitrogens is 1. The summed E-state index contributed by atoms with van der Waals surface area (Å²) in [5.74, 6) is -1.50. The second-order valence-corrected chi connectivity index (χ2v) is 9.24. The molecule has 0 aliphatic rings. The molecule has 0 saturated heterocycles. The maximum absolute atomic E-state index is 13.1. The summed E-state index contributed by atoms with van der Waals surface area (Å²) in [7, 11) is 0. The van der Waals surface area contributed by atoms with E-state index >= 15 is 0 Å². The molecule has 0 spiro atoms. The van der Waals surface area contributed by atoms with Gasteiger partial charge in [0.15, 0.2) is 5.78 Å². The second-order valence-electron chi connectivity index (χ2n) is 7.66. The van der Waals surface area contributed by atoms with Crippen LogP contribution in [-0.2, 0) is 25.6 Å². The number of benzene rings is 1. The summed E-state index contributed by atoms with van der Waals surface area (Å²) >= 11 is 1.08. The molecule has 2 rings (SSSR count). The third kappa shape index (κ3) is 7.61. The Morgan fingerprint density at radius 2 is 1.91 bits per heavy atom. The predicted molar refractivity (Wildman–Crippen MR) is 126 cm³/mol. The molecular formula is C22H29N5O4S. The van der Waals surface area contributed by atoms with Crippen molar-refractivity contribution in [3.63, 3.8) is 0 Å². The van der Waals surface area contributed by atoms with E-state index in [1.54, 1.807) is 6.20 Å². The Balaban J connectivity index is 2.20. The van der Waals surface area contributed by atoms with Gasteiger partial charge in [-0.25, -0.2) is 0 Å². The number of aromatic amines is 1. The fraction of sp³-hybridized carbons (Fsp3) is 0.409. The van der Waals surface area contributed by atoms with E-state index in [1.807, 2.05) is 38.1 Å². The van der Waals surface area contributed by atoms with Crippen molar-refractivity contribution in [1.82, 2.24) is 15.6 Å².